The number of hydrogen-bond acceptors (Lipinski definition) is 2. The predicted octanol–water partition coefficient (Wildman–Crippen LogP) is 8.50. The van der Waals surface area contributed by atoms with Crippen LogP contribution in [0.15, 0.2) is 0 Å². The van der Waals surface area contributed by atoms with Gasteiger partial charge in [0.1, 0.15) is 0 Å². The van der Waals surface area contributed by atoms with E-state index in [0.29, 0.717) is 0 Å². The van der Waals surface area contributed by atoms with E-state index in [1.807, 2.05) is 0 Å². The Kier molecular flexibility index (Phi) is 16.2. The number of nitrogens with zero attached hydrogens (tertiary/aromatic N) is 2. The van der Waals surface area contributed by atoms with Crippen LogP contribution in [0.1, 0.15) is 148 Å². The maximum atomic E-state index is 2.81. The van der Waals surface area contributed by atoms with Crippen LogP contribution in [0, 0.1) is 0 Å². The molecule has 0 amide bonds. The molecule has 2 fully saturated rings. The maximum absolute atomic E-state index is 2.81. The van der Waals surface area contributed by atoms with Crippen LogP contribution in [0.5, 0.6) is 0 Å². The lowest BCUT2D eigenvalue weighted by atomic mass is 10.0. The SMILES string of the molecule is C1CCCCCCCN(N2CCCCCCCCCCCC2)CCCCCCC1. The molecular formula is C27H54N2. The minimum atomic E-state index is 1.32. The molecule has 2 nitrogen and oxygen atoms in total. The second-order valence-electron chi connectivity index (χ2n) is 10.0. The molecule has 2 saturated heterocycles. The molecule has 172 valence electrons. The first-order chi connectivity index (χ1) is 14.5. The second-order valence-corrected chi connectivity index (χ2v) is 10.0. The molecule has 0 unspecified atom stereocenters. The van der Waals surface area contributed by atoms with E-state index >= 15 is 0 Å². The van der Waals surface area contributed by atoms with Gasteiger partial charge in [-0.3, -0.25) is 0 Å². The van der Waals surface area contributed by atoms with E-state index in [1.165, 1.54) is 174 Å². The van der Waals surface area contributed by atoms with Gasteiger partial charge in [0.05, 0.1) is 0 Å². The highest BCUT2D eigenvalue weighted by molar-refractivity contribution is 4.63. The van der Waals surface area contributed by atoms with Gasteiger partial charge in [0, 0.05) is 26.2 Å². The third-order valence-electron chi connectivity index (χ3n) is 7.31. The van der Waals surface area contributed by atoms with Crippen LogP contribution < -0.4 is 0 Å². The molecule has 0 N–H and O–H groups in total. The van der Waals surface area contributed by atoms with Crippen LogP contribution in [0.4, 0.5) is 0 Å². The van der Waals surface area contributed by atoms with E-state index in [1.54, 1.807) is 0 Å². The molecule has 2 heteroatoms. The van der Waals surface area contributed by atoms with Crippen LogP contribution in [0.25, 0.3) is 0 Å². The van der Waals surface area contributed by atoms with Gasteiger partial charge in [-0.2, -0.15) is 0 Å². The van der Waals surface area contributed by atoms with Gasteiger partial charge in [-0.1, -0.05) is 122 Å². The summed E-state index contributed by atoms with van der Waals surface area (Å²) >= 11 is 0. The van der Waals surface area contributed by atoms with Crippen molar-refractivity contribution in [2.24, 2.45) is 0 Å². The normalized spacial score (nSPS) is 26.1. The quantitative estimate of drug-likeness (QED) is 0.430. The molecule has 0 aromatic carbocycles. The van der Waals surface area contributed by atoms with Gasteiger partial charge in [0.25, 0.3) is 0 Å². The Morgan fingerprint density at radius 1 is 0.172 bits per heavy atom. The highest BCUT2D eigenvalue weighted by Gasteiger charge is 2.15. The predicted molar refractivity (Wildman–Crippen MR) is 129 cm³/mol. The van der Waals surface area contributed by atoms with E-state index in [-0.39, 0.29) is 0 Å². The van der Waals surface area contributed by atoms with Gasteiger partial charge in [-0.15, -0.1) is 0 Å². The zero-order chi connectivity index (χ0) is 20.2. The number of hydrazine groups is 1. The lowest BCUT2D eigenvalue weighted by Gasteiger charge is -2.35. The molecule has 0 atom stereocenters. The molecule has 2 aliphatic heterocycles. The van der Waals surface area contributed by atoms with Crippen LogP contribution in [-0.4, -0.2) is 36.2 Å². The highest BCUT2D eigenvalue weighted by atomic mass is 15.6. The van der Waals surface area contributed by atoms with Crippen molar-refractivity contribution in [1.29, 1.82) is 0 Å². The van der Waals surface area contributed by atoms with Crippen molar-refractivity contribution in [3.05, 3.63) is 0 Å². The van der Waals surface area contributed by atoms with Gasteiger partial charge in [0.2, 0.25) is 0 Å². The zero-order valence-electron chi connectivity index (χ0n) is 20.0. The topological polar surface area (TPSA) is 6.48 Å². The van der Waals surface area contributed by atoms with Crippen molar-refractivity contribution in [3.8, 4) is 0 Å². The summed E-state index contributed by atoms with van der Waals surface area (Å²) in [6, 6.07) is 0. The van der Waals surface area contributed by atoms with Gasteiger partial charge in [-0.05, 0) is 25.7 Å². The summed E-state index contributed by atoms with van der Waals surface area (Å²) in [5, 5.41) is 5.62. The van der Waals surface area contributed by atoms with Gasteiger partial charge < -0.3 is 0 Å². The summed E-state index contributed by atoms with van der Waals surface area (Å²) in [7, 11) is 0. The molecule has 0 radical (unpaired) electrons. The Hall–Kier alpha value is -0.0800. The molecule has 2 aliphatic rings. The Balaban J connectivity index is 1.82. The summed E-state index contributed by atoms with van der Waals surface area (Å²) in [4.78, 5) is 0. The van der Waals surface area contributed by atoms with E-state index in [2.05, 4.69) is 10.0 Å². The fourth-order valence-electron chi connectivity index (χ4n) is 5.33. The maximum Gasteiger partial charge on any atom is 0.0133 e. The standard InChI is InChI=1S/C27H54N2/c1-2-4-8-12-16-20-24-28(25-21-17-13-9-5-3-1)29-26-22-18-14-10-6-7-11-15-19-23-27-29/h1-27H2. The summed E-state index contributed by atoms with van der Waals surface area (Å²) in [6.45, 7) is 5.28. The Labute approximate surface area is 184 Å². The van der Waals surface area contributed by atoms with E-state index < -0.39 is 0 Å². The average Bonchev–Trinajstić information content (AvgIpc) is 2.75. The highest BCUT2D eigenvalue weighted by Crippen LogP contribution is 2.17. The Bertz CT molecular complexity index is 313. The fourth-order valence-corrected chi connectivity index (χ4v) is 5.33. The molecule has 2 rings (SSSR count). The zero-order valence-corrected chi connectivity index (χ0v) is 20.0. The molecule has 0 spiro atoms. The van der Waals surface area contributed by atoms with Crippen LogP contribution in [-0.2, 0) is 0 Å². The van der Waals surface area contributed by atoms with Gasteiger partial charge >= 0.3 is 0 Å². The molecular weight excluding hydrogens is 352 g/mol. The Morgan fingerprint density at radius 3 is 0.483 bits per heavy atom. The first-order valence-corrected chi connectivity index (χ1v) is 14.0. The Morgan fingerprint density at radius 2 is 0.310 bits per heavy atom. The summed E-state index contributed by atoms with van der Waals surface area (Å²) in [6.07, 6.45) is 33.6. The first-order valence-electron chi connectivity index (χ1n) is 14.0. The third kappa shape index (κ3) is 13.8. The molecule has 0 saturated carbocycles. The van der Waals surface area contributed by atoms with Crippen LogP contribution in [0.3, 0.4) is 0 Å². The largest absolute Gasteiger partial charge is 0.242 e. The van der Waals surface area contributed by atoms with Crippen molar-refractivity contribution < 1.29 is 0 Å². The van der Waals surface area contributed by atoms with Crippen molar-refractivity contribution in [2.45, 2.75) is 148 Å². The monoisotopic (exact) mass is 406 g/mol. The lowest BCUT2D eigenvalue weighted by Crippen LogP contribution is -2.45. The summed E-state index contributed by atoms with van der Waals surface area (Å²) < 4.78 is 0. The molecule has 29 heavy (non-hydrogen) atoms. The van der Waals surface area contributed by atoms with Crippen molar-refractivity contribution in [1.82, 2.24) is 10.0 Å². The summed E-state index contributed by atoms with van der Waals surface area (Å²) in [5.74, 6) is 0. The smallest absolute Gasteiger partial charge is 0.0133 e. The van der Waals surface area contributed by atoms with Crippen LogP contribution >= 0.6 is 0 Å². The van der Waals surface area contributed by atoms with Crippen molar-refractivity contribution >= 4 is 0 Å². The number of rotatable bonds is 1. The third-order valence-corrected chi connectivity index (χ3v) is 7.31. The fraction of sp³-hybridized carbons (Fsp3) is 1.00. The van der Waals surface area contributed by atoms with Crippen LogP contribution in [0.2, 0.25) is 0 Å². The lowest BCUT2D eigenvalue weighted by molar-refractivity contribution is -0.0308. The minimum Gasteiger partial charge on any atom is -0.242 e. The molecule has 0 aromatic heterocycles. The summed E-state index contributed by atoms with van der Waals surface area (Å²) in [5.41, 5.74) is 0. The van der Waals surface area contributed by atoms with E-state index in [0.717, 1.165) is 0 Å². The second kappa shape index (κ2) is 18.7. The van der Waals surface area contributed by atoms with Gasteiger partial charge in [-0.25, -0.2) is 10.0 Å². The van der Waals surface area contributed by atoms with Crippen molar-refractivity contribution in [3.63, 3.8) is 0 Å². The van der Waals surface area contributed by atoms with Crippen molar-refractivity contribution in [2.75, 3.05) is 26.2 Å². The van der Waals surface area contributed by atoms with E-state index in [4.69, 9.17) is 0 Å². The average molecular weight is 407 g/mol. The minimum absolute atomic E-state index is 1.32. The molecule has 0 aromatic rings. The van der Waals surface area contributed by atoms with Gasteiger partial charge in [0.15, 0.2) is 0 Å². The van der Waals surface area contributed by atoms with E-state index in [9.17, 15) is 0 Å². The number of hydrogen-bond donors (Lipinski definition) is 0. The molecule has 0 bridgehead atoms. The first kappa shape index (κ1) is 25.2. The molecule has 0 aliphatic carbocycles. The molecule has 2 heterocycles.